The van der Waals surface area contributed by atoms with Crippen molar-refractivity contribution in [2.75, 3.05) is 36.8 Å². The fraction of sp³-hybridized carbons (Fsp3) is 0.471. The zero-order valence-corrected chi connectivity index (χ0v) is 26.3. The molecule has 4 aromatic rings. The van der Waals surface area contributed by atoms with Crippen LogP contribution < -0.4 is 16.0 Å². The molecule has 1 unspecified atom stereocenters. The Kier molecular flexibility index (Phi) is 9.76. The van der Waals surface area contributed by atoms with E-state index < -0.39 is 24.3 Å². The largest absolute Gasteiger partial charge is 0.388 e. The fourth-order valence-electron chi connectivity index (χ4n) is 6.86. The summed E-state index contributed by atoms with van der Waals surface area (Å²) in [5.74, 6) is 0.381. The molecule has 1 saturated heterocycles. The van der Waals surface area contributed by atoms with Gasteiger partial charge in [-0.05, 0) is 55.6 Å². The third-order valence-electron chi connectivity index (χ3n) is 9.45. The monoisotopic (exact) mass is 630 g/mol. The van der Waals surface area contributed by atoms with Crippen molar-refractivity contribution in [3.05, 3.63) is 77.9 Å². The Bertz CT molecular complexity index is 1620. The number of carbonyl (C=O) groups excluding carboxylic acids is 1. The summed E-state index contributed by atoms with van der Waals surface area (Å²) in [6.45, 7) is 7.11. The lowest BCUT2D eigenvalue weighted by Crippen LogP contribution is -2.42. The van der Waals surface area contributed by atoms with Gasteiger partial charge in [0.15, 0.2) is 17.0 Å². The lowest BCUT2D eigenvalue weighted by molar-refractivity contribution is -0.122. The summed E-state index contributed by atoms with van der Waals surface area (Å²) in [4.78, 5) is 29.0. The van der Waals surface area contributed by atoms with Gasteiger partial charge >= 0.3 is 0 Å². The van der Waals surface area contributed by atoms with Crippen molar-refractivity contribution in [1.29, 1.82) is 0 Å². The molecule has 6 rings (SSSR count). The number of benzene rings is 2. The van der Waals surface area contributed by atoms with Gasteiger partial charge < -0.3 is 30.7 Å². The molecule has 46 heavy (non-hydrogen) atoms. The number of halogens is 1. The number of aliphatic hydroxyl groups excluding tert-OH is 2. The Morgan fingerprint density at radius 3 is 2.52 bits per heavy atom. The highest BCUT2D eigenvalue weighted by atomic mass is 19.1. The SMILES string of the molecule is CCC(=O)N[C@H]1C[C@@H](n2cnc3c(NCC(c4ccccc4)c4ccc(F)cc4)nc(NC[C@H]4CCCN4CC)nc32)[C@H](O)[C@@H]1O. The molecule has 6 atom stereocenters. The van der Waals surface area contributed by atoms with Crippen LogP contribution in [0.1, 0.15) is 62.6 Å². The Morgan fingerprint density at radius 1 is 1.02 bits per heavy atom. The summed E-state index contributed by atoms with van der Waals surface area (Å²) in [5, 5.41) is 31.7. The molecule has 11 nitrogen and oxygen atoms in total. The summed E-state index contributed by atoms with van der Waals surface area (Å²) in [6, 6.07) is 15.8. The minimum atomic E-state index is -1.13. The number of hydrogen-bond donors (Lipinski definition) is 5. The van der Waals surface area contributed by atoms with Crippen LogP contribution >= 0.6 is 0 Å². The van der Waals surface area contributed by atoms with Crippen molar-refractivity contribution >= 4 is 28.8 Å². The maximum Gasteiger partial charge on any atom is 0.226 e. The molecule has 0 bridgehead atoms. The molecule has 2 fully saturated rings. The second-order valence-electron chi connectivity index (χ2n) is 12.2. The number of anilines is 2. The first-order chi connectivity index (χ1) is 22.4. The molecule has 2 aromatic carbocycles. The van der Waals surface area contributed by atoms with E-state index in [0.29, 0.717) is 48.5 Å². The quantitative estimate of drug-likeness (QED) is 0.159. The standard InChI is InChI=1S/C34H43FN8O3/c1-3-28(44)39-26-17-27(31(46)30(26)45)43-20-38-29-32(40-34(41-33(29)43)37-18-24-11-8-16-42(24)4-2)36-19-25(21-9-6-5-7-10-21)22-12-14-23(35)15-13-22/h5-7,9-10,12-15,20,24-27,30-31,45-46H,3-4,8,11,16-19H2,1-2H3,(H,39,44)(H2,36,37,40,41)/t24-,25?,26+,27-,30-,31+/m1/s1. The predicted molar refractivity (Wildman–Crippen MR) is 175 cm³/mol. The second-order valence-corrected chi connectivity index (χ2v) is 12.2. The van der Waals surface area contributed by atoms with Crippen molar-refractivity contribution in [3.63, 3.8) is 0 Å². The number of carbonyl (C=O) groups is 1. The first-order valence-electron chi connectivity index (χ1n) is 16.3. The van der Waals surface area contributed by atoms with Gasteiger partial charge in [0.2, 0.25) is 11.9 Å². The van der Waals surface area contributed by atoms with E-state index in [-0.39, 0.29) is 24.1 Å². The van der Waals surface area contributed by atoms with E-state index in [1.54, 1.807) is 30.0 Å². The number of hydrogen-bond acceptors (Lipinski definition) is 9. The number of aromatic nitrogens is 4. The van der Waals surface area contributed by atoms with Gasteiger partial charge in [-0.25, -0.2) is 9.37 Å². The molecule has 244 valence electrons. The van der Waals surface area contributed by atoms with E-state index >= 15 is 0 Å². The molecule has 2 aromatic heterocycles. The van der Waals surface area contributed by atoms with Crippen molar-refractivity contribution < 1.29 is 19.4 Å². The number of fused-ring (bicyclic) bond motifs is 1. The molecule has 5 N–H and O–H groups in total. The maximum absolute atomic E-state index is 13.8. The molecular formula is C34H43FN8O3. The summed E-state index contributed by atoms with van der Waals surface area (Å²) < 4.78 is 15.6. The van der Waals surface area contributed by atoms with E-state index in [1.165, 1.54) is 12.1 Å². The summed E-state index contributed by atoms with van der Waals surface area (Å²) in [7, 11) is 0. The molecule has 2 aliphatic rings. The van der Waals surface area contributed by atoms with Gasteiger partial charge in [-0.3, -0.25) is 9.69 Å². The van der Waals surface area contributed by atoms with Crippen LogP contribution in [0.2, 0.25) is 0 Å². The van der Waals surface area contributed by atoms with Crippen LogP contribution in [-0.2, 0) is 4.79 Å². The van der Waals surface area contributed by atoms with Crippen LogP contribution in [0, 0.1) is 5.82 Å². The van der Waals surface area contributed by atoms with Gasteiger partial charge in [-0.2, -0.15) is 9.97 Å². The third kappa shape index (κ3) is 6.69. The van der Waals surface area contributed by atoms with E-state index in [2.05, 4.69) is 44.9 Å². The van der Waals surface area contributed by atoms with Gasteiger partial charge in [0, 0.05) is 31.5 Å². The van der Waals surface area contributed by atoms with E-state index in [0.717, 1.165) is 37.1 Å². The van der Waals surface area contributed by atoms with Gasteiger partial charge in [0.05, 0.1) is 18.4 Å². The van der Waals surface area contributed by atoms with Crippen LogP contribution in [0.4, 0.5) is 16.2 Å². The number of aliphatic hydroxyl groups is 2. The number of nitrogens with one attached hydrogen (secondary N) is 3. The normalized spacial score (nSPS) is 23.9. The third-order valence-corrected chi connectivity index (χ3v) is 9.45. The van der Waals surface area contributed by atoms with Crippen LogP contribution in [-0.4, -0.2) is 91.0 Å². The highest BCUT2D eigenvalue weighted by molar-refractivity contribution is 5.84. The van der Waals surface area contributed by atoms with E-state index in [1.807, 2.05) is 18.2 Å². The lowest BCUT2D eigenvalue weighted by Gasteiger charge is -2.23. The molecular weight excluding hydrogens is 587 g/mol. The summed E-state index contributed by atoms with van der Waals surface area (Å²) in [6.07, 6.45) is 2.22. The Hall–Kier alpha value is -4.13. The van der Waals surface area contributed by atoms with Crippen LogP contribution in [0.25, 0.3) is 11.2 Å². The number of nitrogens with zero attached hydrogens (tertiary/aromatic N) is 5. The zero-order valence-electron chi connectivity index (χ0n) is 26.3. The van der Waals surface area contributed by atoms with Crippen LogP contribution in [0.5, 0.6) is 0 Å². The number of imidazole rings is 1. The Labute approximate surface area is 268 Å². The van der Waals surface area contributed by atoms with Gasteiger partial charge in [-0.1, -0.05) is 56.3 Å². The minimum absolute atomic E-state index is 0.100. The smallest absolute Gasteiger partial charge is 0.226 e. The molecule has 1 amide bonds. The second kappa shape index (κ2) is 14.1. The lowest BCUT2D eigenvalue weighted by atomic mass is 9.91. The van der Waals surface area contributed by atoms with Crippen molar-refractivity contribution in [3.8, 4) is 0 Å². The Balaban J connectivity index is 1.33. The average molecular weight is 631 g/mol. The topological polar surface area (TPSA) is 140 Å². The minimum Gasteiger partial charge on any atom is -0.388 e. The highest BCUT2D eigenvalue weighted by Gasteiger charge is 2.43. The molecule has 0 spiro atoms. The molecule has 0 radical (unpaired) electrons. The molecule has 1 saturated carbocycles. The zero-order chi connectivity index (χ0) is 32.2. The summed E-state index contributed by atoms with van der Waals surface area (Å²) >= 11 is 0. The Morgan fingerprint density at radius 2 is 1.78 bits per heavy atom. The van der Waals surface area contributed by atoms with Crippen molar-refractivity contribution in [1.82, 2.24) is 29.7 Å². The number of likely N-dealkylation sites (N-methyl/N-ethyl adjacent to an activating group) is 1. The van der Waals surface area contributed by atoms with Crippen LogP contribution in [0.15, 0.2) is 60.9 Å². The molecule has 1 aliphatic heterocycles. The van der Waals surface area contributed by atoms with E-state index in [4.69, 9.17) is 9.97 Å². The molecule has 1 aliphatic carbocycles. The van der Waals surface area contributed by atoms with Crippen LogP contribution in [0.3, 0.4) is 0 Å². The first-order valence-corrected chi connectivity index (χ1v) is 16.3. The van der Waals surface area contributed by atoms with Crippen molar-refractivity contribution in [2.45, 2.75) is 75.8 Å². The number of rotatable bonds is 12. The predicted octanol–water partition coefficient (Wildman–Crippen LogP) is 3.67. The number of likely N-dealkylation sites (tertiary alicyclic amines) is 1. The van der Waals surface area contributed by atoms with Crippen molar-refractivity contribution in [2.24, 2.45) is 0 Å². The highest BCUT2D eigenvalue weighted by Crippen LogP contribution is 2.35. The van der Waals surface area contributed by atoms with Gasteiger partial charge in [0.1, 0.15) is 18.0 Å². The number of amides is 1. The fourth-order valence-corrected chi connectivity index (χ4v) is 6.86. The molecule has 3 heterocycles. The maximum atomic E-state index is 13.8. The molecule has 12 heteroatoms. The first kappa shape index (κ1) is 31.8. The van der Waals surface area contributed by atoms with E-state index in [9.17, 15) is 19.4 Å². The average Bonchev–Trinajstić information content (AvgIpc) is 3.79. The van der Waals surface area contributed by atoms with Gasteiger partial charge in [0.25, 0.3) is 0 Å². The van der Waals surface area contributed by atoms with Gasteiger partial charge in [-0.15, -0.1) is 0 Å². The summed E-state index contributed by atoms with van der Waals surface area (Å²) in [5.41, 5.74) is 3.06.